The second kappa shape index (κ2) is 7.41. The number of halogens is 1. The Morgan fingerprint density at radius 3 is 2.74 bits per heavy atom. The third-order valence-corrected chi connectivity index (χ3v) is 3.85. The Kier molecular flexibility index (Phi) is 5.55. The fourth-order valence-corrected chi connectivity index (χ4v) is 2.89. The number of rotatable bonds is 7. The summed E-state index contributed by atoms with van der Waals surface area (Å²) < 4.78 is 13.2. The molecule has 0 amide bonds. The van der Waals surface area contributed by atoms with E-state index >= 15 is 0 Å². The van der Waals surface area contributed by atoms with Crippen molar-refractivity contribution in [2.45, 2.75) is 32.2 Å². The van der Waals surface area contributed by atoms with Crippen molar-refractivity contribution in [2.75, 3.05) is 6.54 Å². The molecule has 0 aliphatic heterocycles. The summed E-state index contributed by atoms with van der Waals surface area (Å²) in [5.41, 5.74) is 2.42. The topological polar surface area (TPSA) is 12.0 Å². The van der Waals surface area contributed by atoms with Gasteiger partial charge >= 0.3 is 0 Å². The van der Waals surface area contributed by atoms with Crippen molar-refractivity contribution in [3.05, 3.63) is 58.0 Å². The highest BCUT2D eigenvalue weighted by molar-refractivity contribution is 7.07. The molecule has 0 radical (unpaired) electrons. The molecule has 2 aromatic rings. The Labute approximate surface area is 118 Å². The molecule has 3 heteroatoms. The van der Waals surface area contributed by atoms with Crippen LogP contribution in [0, 0.1) is 5.82 Å². The molecule has 0 aliphatic carbocycles. The molecule has 0 saturated heterocycles. The maximum absolute atomic E-state index is 13.2. The standard InChI is InChI=1S/C16H20FNS/c1-2-7-18-16(11-14-6-8-19-12-14)10-13-4-3-5-15(17)9-13/h3-6,8-9,12,16,18H,2,7,10-11H2,1H3. The maximum atomic E-state index is 13.2. The summed E-state index contributed by atoms with van der Waals surface area (Å²) in [6, 6.07) is 9.45. The first-order valence-electron chi connectivity index (χ1n) is 6.77. The van der Waals surface area contributed by atoms with Gasteiger partial charge in [0, 0.05) is 6.04 Å². The SMILES string of the molecule is CCCNC(Cc1ccsc1)Cc1cccc(F)c1. The average Bonchev–Trinajstić information content (AvgIpc) is 2.89. The lowest BCUT2D eigenvalue weighted by molar-refractivity contribution is 0.504. The van der Waals surface area contributed by atoms with Gasteiger partial charge in [-0.25, -0.2) is 4.39 Å². The number of nitrogens with one attached hydrogen (secondary N) is 1. The van der Waals surface area contributed by atoms with E-state index < -0.39 is 0 Å². The molecule has 1 N–H and O–H groups in total. The van der Waals surface area contributed by atoms with Gasteiger partial charge in [0.25, 0.3) is 0 Å². The number of thiophene rings is 1. The van der Waals surface area contributed by atoms with Gasteiger partial charge in [-0.1, -0.05) is 19.1 Å². The van der Waals surface area contributed by atoms with Gasteiger partial charge in [0.2, 0.25) is 0 Å². The van der Waals surface area contributed by atoms with E-state index in [4.69, 9.17) is 0 Å². The Bertz CT molecular complexity index is 481. The van der Waals surface area contributed by atoms with Gasteiger partial charge in [0.1, 0.15) is 5.82 Å². The van der Waals surface area contributed by atoms with Crippen LogP contribution in [0.25, 0.3) is 0 Å². The zero-order chi connectivity index (χ0) is 13.5. The summed E-state index contributed by atoms with van der Waals surface area (Å²) in [5.74, 6) is -0.151. The van der Waals surface area contributed by atoms with Crippen LogP contribution in [0.2, 0.25) is 0 Å². The number of hydrogen-bond acceptors (Lipinski definition) is 2. The zero-order valence-electron chi connectivity index (χ0n) is 11.2. The number of hydrogen-bond donors (Lipinski definition) is 1. The van der Waals surface area contributed by atoms with E-state index in [1.54, 1.807) is 23.5 Å². The molecule has 0 fully saturated rings. The van der Waals surface area contributed by atoms with E-state index in [1.807, 2.05) is 6.07 Å². The van der Waals surface area contributed by atoms with Gasteiger partial charge in [0.05, 0.1) is 0 Å². The summed E-state index contributed by atoms with van der Waals surface area (Å²) in [7, 11) is 0. The van der Waals surface area contributed by atoms with Crippen molar-refractivity contribution in [2.24, 2.45) is 0 Å². The highest BCUT2D eigenvalue weighted by Gasteiger charge is 2.10. The van der Waals surface area contributed by atoms with Crippen LogP contribution < -0.4 is 5.32 Å². The van der Waals surface area contributed by atoms with E-state index in [-0.39, 0.29) is 5.82 Å². The monoisotopic (exact) mass is 277 g/mol. The smallest absolute Gasteiger partial charge is 0.123 e. The van der Waals surface area contributed by atoms with Crippen LogP contribution in [0.4, 0.5) is 4.39 Å². The van der Waals surface area contributed by atoms with E-state index in [0.717, 1.165) is 31.4 Å². The van der Waals surface area contributed by atoms with E-state index in [9.17, 15) is 4.39 Å². The molecule has 1 nitrogen and oxygen atoms in total. The van der Waals surface area contributed by atoms with Crippen LogP contribution in [0.15, 0.2) is 41.1 Å². The Morgan fingerprint density at radius 2 is 2.05 bits per heavy atom. The van der Waals surface area contributed by atoms with Crippen molar-refractivity contribution < 1.29 is 4.39 Å². The van der Waals surface area contributed by atoms with Gasteiger partial charge in [0.15, 0.2) is 0 Å². The number of benzene rings is 1. The minimum atomic E-state index is -0.151. The summed E-state index contributed by atoms with van der Waals surface area (Å²) in [6.45, 7) is 3.17. The van der Waals surface area contributed by atoms with Gasteiger partial charge < -0.3 is 5.32 Å². The van der Waals surface area contributed by atoms with Crippen molar-refractivity contribution in [1.29, 1.82) is 0 Å². The van der Waals surface area contributed by atoms with Crippen molar-refractivity contribution in [3.63, 3.8) is 0 Å². The lowest BCUT2D eigenvalue weighted by atomic mass is 10.0. The lowest BCUT2D eigenvalue weighted by Gasteiger charge is -2.18. The molecule has 19 heavy (non-hydrogen) atoms. The molecule has 0 aliphatic rings. The third-order valence-electron chi connectivity index (χ3n) is 3.12. The molecular formula is C16H20FNS. The molecule has 1 unspecified atom stereocenters. The van der Waals surface area contributed by atoms with Crippen molar-refractivity contribution in [1.82, 2.24) is 5.32 Å². The third kappa shape index (κ3) is 4.77. The van der Waals surface area contributed by atoms with Crippen LogP contribution in [0.1, 0.15) is 24.5 Å². The quantitative estimate of drug-likeness (QED) is 0.805. The molecule has 0 spiro atoms. The van der Waals surface area contributed by atoms with E-state index in [1.165, 1.54) is 11.6 Å². The fourth-order valence-electron chi connectivity index (χ4n) is 2.21. The van der Waals surface area contributed by atoms with Gasteiger partial charge in [-0.05, 0) is 65.9 Å². The molecule has 1 atom stereocenters. The first-order valence-corrected chi connectivity index (χ1v) is 7.71. The van der Waals surface area contributed by atoms with Crippen LogP contribution in [-0.4, -0.2) is 12.6 Å². The largest absolute Gasteiger partial charge is 0.313 e. The van der Waals surface area contributed by atoms with Gasteiger partial charge in [-0.3, -0.25) is 0 Å². The highest BCUT2D eigenvalue weighted by Crippen LogP contribution is 2.13. The molecule has 1 aromatic carbocycles. The lowest BCUT2D eigenvalue weighted by Crippen LogP contribution is -2.33. The zero-order valence-corrected chi connectivity index (χ0v) is 12.0. The van der Waals surface area contributed by atoms with E-state index in [2.05, 4.69) is 29.1 Å². The normalized spacial score (nSPS) is 12.5. The van der Waals surface area contributed by atoms with Crippen LogP contribution in [0.3, 0.4) is 0 Å². The van der Waals surface area contributed by atoms with Gasteiger partial charge in [-0.15, -0.1) is 0 Å². The molecule has 102 valence electrons. The Balaban J connectivity index is 2.00. The average molecular weight is 277 g/mol. The molecule has 0 bridgehead atoms. The maximum Gasteiger partial charge on any atom is 0.123 e. The van der Waals surface area contributed by atoms with E-state index in [0.29, 0.717) is 6.04 Å². The first kappa shape index (κ1) is 14.2. The molecule has 2 rings (SSSR count). The summed E-state index contributed by atoms with van der Waals surface area (Å²) in [4.78, 5) is 0. The first-order chi connectivity index (χ1) is 9.28. The predicted octanol–water partition coefficient (Wildman–Crippen LogP) is 4.04. The Hall–Kier alpha value is -1.19. The summed E-state index contributed by atoms with van der Waals surface area (Å²) in [5, 5.41) is 7.85. The highest BCUT2D eigenvalue weighted by atomic mass is 32.1. The second-order valence-electron chi connectivity index (χ2n) is 4.82. The summed E-state index contributed by atoms with van der Waals surface area (Å²) >= 11 is 1.73. The summed E-state index contributed by atoms with van der Waals surface area (Å²) in [6.07, 6.45) is 2.98. The van der Waals surface area contributed by atoms with Crippen LogP contribution in [0.5, 0.6) is 0 Å². The molecular weight excluding hydrogens is 257 g/mol. The van der Waals surface area contributed by atoms with Crippen molar-refractivity contribution in [3.8, 4) is 0 Å². The van der Waals surface area contributed by atoms with Crippen LogP contribution >= 0.6 is 11.3 Å². The van der Waals surface area contributed by atoms with Crippen LogP contribution in [-0.2, 0) is 12.8 Å². The van der Waals surface area contributed by atoms with Gasteiger partial charge in [-0.2, -0.15) is 11.3 Å². The minimum Gasteiger partial charge on any atom is -0.313 e. The Morgan fingerprint density at radius 1 is 1.21 bits per heavy atom. The molecule has 1 aromatic heterocycles. The molecule has 0 saturated carbocycles. The predicted molar refractivity (Wildman–Crippen MR) is 80.2 cm³/mol. The minimum absolute atomic E-state index is 0.151. The fraction of sp³-hybridized carbons (Fsp3) is 0.375. The molecule has 1 heterocycles. The second-order valence-corrected chi connectivity index (χ2v) is 5.60. The van der Waals surface area contributed by atoms with Crippen molar-refractivity contribution >= 4 is 11.3 Å².